The molecule has 2 nitrogen and oxygen atoms in total. The average molecular weight is 152 g/mol. The zero-order valence-corrected chi connectivity index (χ0v) is 7.52. The lowest BCUT2D eigenvalue weighted by Crippen LogP contribution is -2.42. The fourth-order valence-corrected chi connectivity index (χ4v) is 1.46. The summed E-state index contributed by atoms with van der Waals surface area (Å²) in [7, 11) is 0. The molecule has 1 aliphatic rings. The van der Waals surface area contributed by atoms with E-state index in [-0.39, 0.29) is 16.9 Å². The van der Waals surface area contributed by atoms with Crippen molar-refractivity contribution < 1.29 is 0 Å². The Bertz CT molecular complexity index is 191. The molecule has 11 heavy (non-hydrogen) atoms. The van der Waals surface area contributed by atoms with Crippen molar-refractivity contribution in [3.05, 3.63) is 0 Å². The van der Waals surface area contributed by atoms with Gasteiger partial charge in [-0.3, -0.25) is 0 Å². The van der Waals surface area contributed by atoms with E-state index < -0.39 is 0 Å². The van der Waals surface area contributed by atoms with E-state index >= 15 is 0 Å². The Labute approximate surface area is 68.4 Å². The molecule has 0 amide bonds. The van der Waals surface area contributed by atoms with Gasteiger partial charge in [0.25, 0.3) is 0 Å². The van der Waals surface area contributed by atoms with E-state index in [9.17, 15) is 0 Å². The Hall–Kier alpha value is -0.550. The predicted molar refractivity (Wildman–Crippen MR) is 44.7 cm³/mol. The van der Waals surface area contributed by atoms with Gasteiger partial charge in [-0.25, -0.2) is 0 Å². The first-order valence-electron chi connectivity index (χ1n) is 4.09. The summed E-state index contributed by atoms with van der Waals surface area (Å²) in [5.74, 6) is 0. The van der Waals surface area contributed by atoms with Crippen LogP contribution in [0.1, 0.15) is 33.6 Å². The maximum atomic E-state index is 8.86. The van der Waals surface area contributed by atoms with E-state index in [1.807, 2.05) is 0 Å². The van der Waals surface area contributed by atoms with Gasteiger partial charge in [0.1, 0.15) is 0 Å². The minimum Gasteiger partial charge on any atom is -0.326 e. The van der Waals surface area contributed by atoms with Gasteiger partial charge in [-0.1, -0.05) is 20.8 Å². The molecular weight excluding hydrogens is 136 g/mol. The highest BCUT2D eigenvalue weighted by Gasteiger charge is 2.52. The van der Waals surface area contributed by atoms with Crippen molar-refractivity contribution in [2.45, 2.75) is 39.7 Å². The second kappa shape index (κ2) is 2.22. The van der Waals surface area contributed by atoms with Gasteiger partial charge >= 0.3 is 0 Å². The van der Waals surface area contributed by atoms with Gasteiger partial charge in [0.05, 0.1) is 11.5 Å². The van der Waals surface area contributed by atoms with E-state index in [1.165, 1.54) is 0 Å². The first kappa shape index (κ1) is 8.55. The van der Waals surface area contributed by atoms with Gasteiger partial charge in [0.2, 0.25) is 0 Å². The quantitative estimate of drug-likeness (QED) is 0.621. The molecular formula is C9H16N2. The molecule has 0 heterocycles. The molecule has 0 aromatic heterocycles. The third kappa shape index (κ3) is 1.39. The third-order valence-corrected chi connectivity index (χ3v) is 2.54. The van der Waals surface area contributed by atoms with Gasteiger partial charge in [-0.15, -0.1) is 0 Å². The van der Waals surface area contributed by atoms with E-state index in [4.69, 9.17) is 11.0 Å². The molecule has 0 aromatic carbocycles. The summed E-state index contributed by atoms with van der Waals surface area (Å²) in [5.41, 5.74) is 5.86. The molecule has 0 aliphatic heterocycles. The molecule has 1 fully saturated rings. The van der Waals surface area contributed by atoms with Crippen LogP contribution < -0.4 is 5.73 Å². The molecule has 62 valence electrons. The molecule has 2 N–H and O–H groups in total. The Kier molecular flexibility index (Phi) is 1.72. The first-order valence-corrected chi connectivity index (χ1v) is 4.09. The molecule has 1 aliphatic carbocycles. The van der Waals surface area contributed by atoms with Crippen LogP contribution in [0.25, 0.3) is 0 Å². The topological polar surface area (TPSA) is 49.8 Å². The lowest BCUT2D eigenvalue weighted by Gasteiger charge is -2.30. The van der Waals surface area contributed by atoms with Crippen molar-refractivity contribution in [3.8, 4) is 6.07 Å². The Morgan fingerprint density at radius 1 is 1.45 bits per heavy atom. The molecule has 1 rings (SSSR count). The van der Waals surface area contributed by atoms with Gasteiger partial charge in [0, 0.05) is 6.04 Å². The van der Waals surface area contributed by atoms with Crippen LogP contribution in [0.3, 0.4) is 0 Å². The fraction of sp³-hybridized carbons (Fsp3) is 0.889. The molecule has 0 bridgehead atoms. The molecule has 0 radical (unpaired) electrons. The van der Waals surface area contributed by atoms with Crippen LogP contribution in [0.2, 0.25) is 0 Å². The summed E-state index contributed by atoms with van der Waals surface area (Å²) in [5, 5.41) is 8.86. The fourth-order valence-electron chi connectivity index (χ4n) is 1.46. The summed E-state index contributed by atoms with van der Waals surface area (Å²) < 4.78 is 0. The number of rotatable bonds is 1. The van der Waals surface area contributed by atoms with Crippen molar-refractivity contribution in [2.75, 3.05) is 0 Å². The van der Waals surface area contributed by atoms with Crippen molar-refractivity contribution in [3.63, 3.8) is 0 Å². The van der Waals surface area contributed by atoms with Crippen LogP contribution in [0.5, 0.6) is 0 Å². The molecule has 2 heteroatoms. The zero-order valence-electron chi connectivity index (χ0n) is 7.52. The van der Waals surface area contributed by atoms with Crippen LogP contribution in [0.4, 0.5) is 0 Å². The van der Waals surface area contributed by atoms with Crippen LogP contribution in [-0.4, -0.2) is 6.04 Å². The van der Waals surface area contributed by atoms with Crippen LogP contribution in [0.15, 0.2) is 0 Å². The second-order valence-corrected chi connectivity index (χ2v) is 4.61. The summed E-state index contributed by atoms with van der Waals surface area (Å²) >= 11 is 0. The monoisotopic (exact) mass is 152 g/mol. The summed E-state index contributed by atoms with van der Waals surface area (Å²) in [4.78, 5) is 0. The maximum absolute atomic E-state index is 8.86. The predicted octanol–water partition coefficient (Wildman–Crippen LogP) is 1.66. The SMILES string of the molecule is CC(C)(C)C(N)C1(C#N)CC1. The lowest BCUT2D eigenvalue weighted by molar-refractivity contribution is 0.257. The molecule has 0 aromatic rings. The standard InChI is InChI=1S/C9H16N2/c1-8(2,3)7(11)9(6-10)4-5-9/h7H,4-5,11H2,1-3H3. The highest BCUT2D eigenvalue weighted by Crippen LogP contribution is 2.51. The number of nitriles is 1. The van der Waals surface area contributed by atoms with Crippen LogP contribution >= 0.6 is 0 Å². The molecule has 1 saturated carbocycles. The van der Waals surface area contributed by atoms with Crippen molar-refractivity contribution in [1.29, 1.82) is 5.26 Å². The highest BCUT2D eigenvalue weighted by atomic mass is 14.8. The highest BCUT2D eigenvalue weighted by molar-refractivity contribution is 5.17. The van der Waals surface area contributed by atoms with E-state index in [2.05, 4.69) is 26.8 Å². The number of hydrogen-bond acceptors (Lipinski definition) is 2. The average Bonchev–Trinajstić information content (AvgIpc) is 2.64. The van der Waals surface area contributed by atoms with Crippen LogP contribution in [-0.2, 0) is 0 Å². The second-order valence-electron chi connectivity index (χ2n) is 4.61. The molecule has 1 unspecified atom stereocenters. The Balaban J connectivity index is 2.70. The molecule has 0 saturated heterocycles. The van der Waals surface area contributed by atoms with Gasteiger partial charge in [0.15, 0.2) is 0 Å². The largest absolute Gasteiger partial charge is 0.326 e. The molecule has 0 spiro atoms. The lowest BCUT2D eigenvalue weighted by atomic mass is 9.78. The third-order valence-electron chi connectivity index (χ3n) is 2.54. The van der Waals surface area contributed by atoms with Gasteiger partial charge in [-0.05, 0) is 18.3 Å². The number of hydrogen-bond donors (Lipinski definition) is 1. The van der Waals surface area contributed by atoms with Crippen molar-refractivity contribution in [1.82, 2.24) is 0 Å². The van der Waals surface area contributed by atoms with Gasteiger partial charge < -0.3 is 5.73 Å². The Morgan fingerprint density at radius 3 is 2.00 bits per heavy atom. The van der Waals surface area contributed by atoms with Crippen molar-refractivity contribution in [2.24, 2.45) is 16.6 Å². The molecule has 1 atom stereocenters. The summed E-state index contributed by atoms with van der Waals surface area (Å²) in [6.45, 7) is 6.28. The minimum atomic E-state index is -0.182. The van der Waals surface area contributed by atoms with E-state index in [0.717, 1.165) is 12.8 Å². The number of nitrogens with two attached hydrogens (primary N) is 1. The van der Waals surface area contributed by atoms with E-state index in [0.29, 0.717) is 0 Å². The maximum Gasteiger partial charge on any atom is 0.0730 e. The van der Waals surface area contributed by atoms with E-state index in [1.54, 1.807) is 0 Å². The summed E-state index contributed by atoms with van der Waals surface area (Å²) in [6.07, 6.45) is 1.98. The zero-order chi connectivity index (χ0) is 8.70. The first-order chi connectivity index (χ1) is 4.92. The summed E-state index contributed by atoms with van der Waals surface area (Å²) in [6, 6.07) is 2.36. The van der Waals surface area contributed by atoms with Gasteiger partial charge in [-0.2, -0.15) is 5.26 Å². The Morgan fingerprint density at radius 2 is 1.91 bits per heavy atom. The van der Waals surface area contributed by atoms with Crippen molar-refractivity contribution >= 4 is 0 Å². The number of nitrogens with zero attached hydrogens (tertiary/aromatic N) is 1. The van der Waals surface area contributed by atoms with Crippen LogP contribution in [0, 0.1) is 22.2 Å². The normalized spacial score (nSPS) is 23.9. The smallest absolute Gasteiger partial charge is 0.0730 e. The minimum absolute atomic E-state index is 0.0278.